The van der Waals surface area contributed by atoms with E-state index in [-0.39, 0.29) is 0 Å². The zero-order valence-electron chi connectivity index (χ0n) is 14.1. The van der Waals surface area contributed by atoms with E-state index in [0.29, 0.717) is 12.6 Å². The van der Waals surface area contributed by atoms with E-state index >= 15 is 0 Å². The average Bonchev–Trinajstić information content (AvgIpc) is 2.43. The van der Waals surface area contributed by atoms with Crippen molar-refractivity contribution in [2.24, 2.45) is 11.7 Å². The Morgan fingerprint density at radius 1 is 1.24 bits per heavy atom. The van der Waals surface area contributed by atoms with Gasteiger partial charge in [0.2, 0.25) is 0 Å². The van der Waals surface area contributed by atoms with Gasteiger partial charge >= 0.3 is 0 Å². The highest BCUT2D eigenvalue weighted by Gasteiger charge is 2.26. The summed E-state index contributed by atoms with van der Waals surface area (Å²) in [5.41, 5.74) is 10.2. The van der Waals surface area contributed by atoms with Crippen LogP contribution in [0.3, 0.4) is 0 Å². The summed E-state index contributed by atoms with van der Waals surface area (Å²) >= 11 is 0. The maximum Gasteiger partial charge on any atom is 0.0473 e. The number of piperidine rings is 1. The number of hydrogen-bond acceptors (Lipinski definition) is 3. The van der Waals surface area contributed by atoms with Crippen LogP contribution in [0.5, 0.6) is 0 Å². The minimum Gasteiger partial charge on any atom is -0.329 e. The molecule has 2 N–H and O–H groups in total. The van der Waals surface area contributed by atoms with Gasteiger partial charge in [-0.05, 0) is 70.9 Å². The fourth-order valence-electron chi connectivity index (χ4n) is 3.64. The van der Waals surface area contributed by atoms with Crippen molar-refractivity contribution in [3.05, 3.63) is 34.9 Å². The standard InChI is InChI=1S/C18H31N3/c1-14-5-6-17(15(2)11-14)18(12-19)21-9-7-16(8-10-21)13-20(3)4/h5-6,11,16,18H,7-10,12-13,19H2,1-4H3. The van der Waals surface area contributed by atoms with Crippen LogP contribution in [0.1, 0.15) is 35.6 Å². The van der Waals surface area contributed by atoms with Crippen LogP contribution in [-0.4, -0.2) is 50.1 Å². The highest BCUT2D eigenvalue weighted by Crippen LogP contribution is 2.28. The molecule has 1 unspecified atom stereocenters. The molecule has 0 spiro atoms. The zero-order chi connectivity index (χ0) is 15.4. The van der Waals surface area contributed by atoms with Crippen LogP contribution in [0.4, 0.5) is 0 Å². The van der Waals surface area contributed by atoms with Crippen LogP contribution < -0.4 is 5.73 Å². The van der Waals surface area contributed by atoms with E-state index in [4.69, 9.17) is 5.73 Å². The summed E-state index contributed by atoms with van der Waals surface area (Å²) in [6.07, 6.45) is 2.58. The number of nitrogens with zero attached hydrogens (tertiary/aromatic N) is 2. The Balaban J connectivity index is 2.02. The molecule has 1 atom stereocenters. The van der Waals surface area contributed by atoms with Crippen molar-refractivity contribution in [2.45, 2.75) is 32.7 Å². The summed E-state index contributed by atoms with van der Waals surface area (Å²) in [5.74, 6) is 0.841. The normalized spacial score (nSPS) is 19.1. The molecule has 1 fully saturated rings. The first-order valence-electron chi connectivity index (χ1n) is 8.17. The van der Waals surface area contributed by atoms with Crippen LogP contribution in [-0.2, 0) is 0 Å². The summed E-state index contributed by atoms with van der Waals surface area (Å²) in [6, 6.07) is 7.14. The van der Waals surface area contributed by atoms with Crippen molar-refractivity contribution in [1.82, 2.24) is 9.80 Å². The Morgan fingerprint density at radius 3 is 2.43 bits per heavy atom. The van der Waals surface area contributed by atoms with Crippen molar-refractivity contribution < 1.29 is 0 Å². The van der Waals surface area contributed by atoms with Crippen molar-refractivity contribution in [3.63, 3.8) is 0 Å². The van der Waals surface area contributed by atoms with Crippen molar-refractivity contribution in [1.29, 1.82) is 0 Å². The summed E-state index contributed by atoms with van der Waals surface area (Å²) in [6.45, 7) is 8.64. The third-order valence-electron chi connectivity index (χ3n) is 4.72. The van der Waals surface area contributed by atoms with Crippen molar-refractivity contribution >= 4 is 0 Å². The van der Waals surface area contributed by atoms with Crippen molar-refractivity contribution in [2.75, 3.05) is 40.3 Å². The molecule has 2 rings (SSSR count). The fraction of sp³-hybridized carbons (Fsp3) is 0.667. The first-order chi connectivity index (χ1) is 10.0. The largest absolute Gasteiger partial charge is 0.329 e. The maximum atomic E-state index is 6.11. The Labute approximate surface area is 130 Å². The molecule has 118 valence electrons. The predicted octanol–water partition coefficient (Wildman–Crippen LogP) is 2.58. The highest BCUT2D eigenvalue weighted by atomic mass is 15.2. The van der Waals surface area contributed by atoms with E-state index in [1.165, 1.54) is 49.2 Å². The van der Waals surface area contributed by atoms with Crippen LogP contribution in [0.15, 0.2) is 18.2 Å². The first-order valence-corrected chi connectivity index (χ1v) is 8.17. The lowest BCUT2D eigenvalue weighted by Crippen LogP contribution is -2.41. The van der Waals surface area contributed by atoms with Gasteiger partial charge in [0, 0.05) is 19.1 Å². The van der Waals surface area contributed by atoms with E-state index < -0.39 is 0 Å². The van der Waals surface area contributed by atoms with Gasteiger partial charge in [0.1, 0.15) is 0 Å². The van der Waals surface area contributed by atoms with Gasteiger partial charge in [0.15, 0.2) is 0 Å². The molecule has 1 aliphatic heterocycles. The maximum absolute atomic E-state index is 6.11. The lowest BCUT2D eigenvalue weighted by atomic mass is 9.92. The third kappa shape index (κ3) is 4.29. The number of likely N-dealkylation sites (tertiary alicyclic amines) is 1. The topological polar surface area (TPSA) is 32.5 Å². The summed E-state index contributed by atoms with van der Waals surface area (Å²) in [7, 11) is 4.34. The van der Waals surface area contributed by atoms with E-state index in [1.807, 2.05) is 0 Å². The van der Waals surface area contributed by atoms with Gasteiger partial charge in [0.05, 0.1) is 0 Å². The number of aryl methyl sites for hydroxylation is 2. The van der Waals surface area contributed by atoms with Gasteiger partial charge in [-0.1, -0.05) is 23.8 Å². The lowest BCUT2D eigenvalue weighted by molar-refractivity contribution is 0.122. The van der Waals surface area contributed by atoms with E-state index in [0.717, 1.165) is 5.92 Å². The van der Waals surface area contributed by atoms with Crippen LogP contribution >= 0.6 is 0 Å². The number of benzene rings is 1. The molecule has 0 amide bonds. The molecular weight excluding hydrogens is 258 g/mol. The van der Waals surface area contributed by atoms with Crippen LogP contribution in [0, 0.1) is 19.8 Å². The average molecular weight is 289 g/mol. The Bertz CT molecular complexity index is 448. The monoisotopic (exact) mass is 289 g/mol. The molecule has 1 aromatic carbocycles. The molecule has 3 heteroatoms. The number of hydrogen-bond donors (Lipinski definition) is 1. The summed E-state index contributed by atoms with van der Waals surface area (Å²) in [5, 5.41) is 0. The second-order valence-electron chi connectivity index (χ2n) is 6.85. The molecule has 1 aliphatic rings. The molecule has 1 aromatic rings. The molecule has 0 saturated carbocycles. The molecular formula is C18H31N3. The third-order valence-corrected chi connectivity index (χ3v) is 4.72. The Hall–Kier alpha value is -0.900. The molecule has 0 radical (unpaired) electrons. The molecule has 3 nitrogen and oxygen atoms in total. The van der Waals surface area contributed by atoms with E-state index in [2.05, 4.69) is 55.9 Å². The molecule has 0 aromatic heterocycles. The van der Waals surface area contributed by atoms with Crippen molar-refractivity contribution in [3.8, 4) is 0 Å². The van der Waals surface area contributed by atoms with Gasteiger partial charge in [-0.2, -0.15) is 0 Å². The number of nitrogens with two attached hydrogens (primary N) is 1. The van der Waals surface area contributed by atoms with E-state index in [1.54, 1.807) is 0 Å². The minimum atomic E-state index is 0.380. The van der Waals surface area contributed by atoms with Gasteiger partial charge in [-0.15, -0.1) is 0 Å². The van der Waals surface area contributed by atoms with Gasteiger partial charge in [-0.3, -0.25) is 4.90 Å². The second kappa shape index (κ2) is 7.39. The van der Waals surface area contributed by atoms with Gasteiger partial charge in [-0.25, -0.2) is 0 Å². The minimum absolute atomic E-state index is 0.380. The predicted molar refractivity (Wildman–Crippen MR) is 90.6 cm³/mol. The van der Waals surface area contributed by atoms with Crippen LogP contribution in [0.25, 0.3) is 0 Å². The fourth-order valence-corrected chi connectivity index (χ4v) is 3.64. The zero-order valence-corrected chi connectivity index (χ0v) is 14.1. The molecule has 1 saturated heterocycles. The highest BCUT2D eigenvalue weighted by molar-refractivity contribution is 5.33. The van der Waals surface area contributed by atoms with Gasteiger partial charge in [0.25, 0.3) is 0 Å². The van der Waals surface area contributed by atoms with Gasteiger partial charge < -0.3 is 10.6 Å². The Kier molecular flexibility index (Phi) is 5.80. The molecule has 21 heavy (non-hydrogen) atoms. The van der Waals surface area contributed by atoms with Crippen LogP contribution in [0.2, 0.25) is 0 Å². The molecule has 1 heterocycles. The second-order valence-corrected chi connectivity index (χ2v) is 6.85. The van der Waals surface area contributed by atoms with E-state index in [9.17, 15) is 0 Å². The number of rotatable bonds is 5. The lowest BCUT2D eigenvalue weighted by Gasteiger charge is -2.38. The molecule has 0 bridgehead atoms. The first kappa shape index (κ1) is 16.5. The SMILES string of the molecule is Cc1ccc(C(CN)N2CCC(CN(C)C)CC2)c(C)c1. The quantitative estimate of drug-likeness (QED) is 0.904. The smallest absolute Gasteiger partial charge is 0.0473 e. The summed E-state index contributed by atoms with van der Waals surface area (Å²) in [4.78, 5) is 4.90. The summed E-state index contributed by atoms with van der Waals surface area (Å²) < 4.78 is 0. The Morgan fingerprint density at radius 2 is 1.90 bits per heavy atom. The molecule has 0 aliphatic carbocycles.